The van der Waals surface area contributed by atoms with E-state index < -0.39 is 17.6 Å². The summed E-state index contributed by atoms with van der Waals surface area (Å²) in [5.74, 6) is -0.423. The zero-order valence-corrected chi connectivity index (χ0v) is 14.9. The van der Waals surface area contributed by atoms with Crippen LogP contribution >= 0.6 is 12.4 Å². The van der Waals surface area contributed by atoms with Crippen molar-refractivity contribution in [2.45, 2.75) is 44.3 Å². The minimum atomic E-state index is -4.45. The van der Waals surface area contributed by atoms with Gasteiger partial charge >= 0.3 is 6.18 Å². The van der Waals surface area contributed by atoms with E-state index in [-0.39, 0.29) is 29.9 Å². The maximum atomic E-state index is 13.8. The lowest BCUT2D eigenvalue weighted by atomic mass is 9.79. The molecule has 1 aromatic rings. The molecule has 1 N–H and O–H groups in total. The number of rotatable bonds is 3. The number of halogens is 5. The van der Waals surface area contributed by atoms with Gasteiger partial charge in [-0.25, -0.2) is 4.39 Å². The fourth-order valence-corrected chi connectivity index (χ4v) is 4.20. The normalized spacial score (nSPS) is 21.6. The Morgan fingerprint density at radius 2 is 1.68 bits per heavy atom. The number of nitrogens with one attached hydrogen (secondary N) is 1. The van der Waals surface area contributed by atoms with Gasteiger partial charge in [-0.2, -0.15) is 13.2 Å². The second-order valence-corrected chi connectivity index (χ2v) is 6.86. The van der Waals surface area contributed by atoms with E-state index in [9.17, 15) is 17.6 Å². The lowest BCUT2D eigenvalue weighted by molar-refractivity contribution is -0.139. The molecule has 0 spiro atoms. The Bertz CT molecular complexity index is 534. The fraction of sp³-hybridized carbons (Fsp3) is 0.667. The number of nitrogens with zero attached hydrogens (tertiary/aromatic N) is 1. The summed E-state index contributed by atoms with van der Waals surface area (Å²) in [5, 5.41) is 3.24. The van der Waals surface area contributed by atoms with E-state index in [0.29, 0.717) is 13.1 Å². The predicted molar refractivity (Wildman–Crippen MR) is 92.4 cm³/mol. The Morgan fingerprint density at radius 3 is 2.28 bits per heavy atom. The lowest BCUT2D eigenvalue weighted by Crippen LogP contribution is -2.47. The lowest BCUT2D eigenvalue weighted by Gasteiger charge is -2.42. The minimum Gasteiger partial charge on any atom is -0.314 e. The first-order valence-corrected chi connectivity index (χ1v) is 8.78. The van der Waals surface area contributed by atoms with Gasteiger partial charge in [-0.3, -0.25) is 4.90 Å². The van der Waals surface area contributed by atoms with Crippen LogP contribution in [-0.2, 0) is 6.18 Å². The zero-order chi connectivity index (χ0) is 17.2. The molecule has 0 amide bonds. The van der Waals surface area contributed by atoms with Gasteiger partial charge in [0.2, 0.25) is 0 Å². The quantitative estimate of drug-likeness (QED) is 0.758. The van der Waals surface area contributed by atoms with E-state index in [1.165, 1.54) is 0 Å². The first-order chi connectivity index (χ1) is 11.5. The van der Waals surface area contributed by atoms with E-state index in [1.54, 1.807) is 0 Å². The third-order valence-corrected chi connectivity index (χ3v) is 5.28. The molecule has 0 radical (unpaired) electrons. The van der Waals surface area contributed by atoms with Crippen LogP contribution < -0.4 is 5.32 Å². The average molecular weight is 381 g/mol. The molecule has 3 rings (SSSR count). The minimum absolute atomic E-state index is 0. The summed E-state index contributed by atoms with van der Waals surface area (Å²) in [6.45, 7) is 2.93. The van der Waals surface area contributed by atoms with Crippen LogP contribution in [0.3, 0.4) is 0 Å². The van der Waals surface area contributed by atoms with Crippen molar-refractivity contribution in [2.75, 3.05) is 26.2 Å². The average Bonchev–Trinajstić information content (AvgIpc) is 2.56. The molecule has 2 nitrogen and oxygen atoms in total. The van der Waals surface area contributed by atoms with Crippen LogP contribution in [0.15, 0.2) is 18.2 Å². The topological polar surface area (TPSA) is 15.3 Å². The first kappa shape index (κ1) is 20.5. The molecule has 0 bridgehead atoms. The molecule has 1 aliphatic heterocycles. The van der Waals surface area contributed by atoms with Crippen LogP contribution in [0.25, 0.3) is 0 Å². The summed E-state index contributed by atoms with van der Waals surface area (Å²) >= 11 is 0. The number of piperazine rings is 1. The van der Waals surface area contributed by atoms with Gasteiger partial charge in [-0.15, -0.1) is 12.4 Å². The van der Waals surface area contributed by atoms with Crippen LogP contribution in [0.1, 0.15) is 49.3 Å². The molecule has 25 heavy (non-hydrogen) atoms. The molecule has 1 aromatic carbocycles. The van der Waals surface area contributed by atoms with E-state index in [2.05, 4.69) is 10.2 Å². The van der Waals surface area contributed by atoms with Crippen LogP contribution in [0, 0.1) is 11.7 Å². The molecule has 0 aromatic heterocycles. The van der Waals surface area contributed by atoms with E-state index in [0.717, 1.165) is 63.4 Å². The van der Waals surface area contributed by atoms with Crippen molar-refractivity contribution in [3.8, 4) is 0 Å². The summed E-state index contributed by atoms with van der Waals surface area (Å²) in [4.78, 5) is 2.12. The number of benzene rings is 1. The molecule has 1 aliphatic carbocycles. The van der Waals surface area contributed by atoms with Gasteiger partial charge in [0.15, 0.2) is 0 Å². The SMILES string of the molecule is Cl.Fc1ccc(C(F)(F)F)c([C@H](C2CCCCC2)N2CCNCC2)c1. The Kier molecular flexibility index (Phi) is 7.11. The standard InChI is InChI=1S/C18H24F4N2.ClH/c19-14-6-7-16(18(20,21)22)15(12-14)17(13-4-2-1-3-5-13)24-10-8-23-9-11-24;/h6-7,12-13,17,23H,1-5,8-11H2;1H/t17-;/m0./s1. The summed E-state index contributed by atoms with van der Waals surface area (Å²) in [7, 11) is 0. The van der Waals surface area contributed by atoms with Crippen molar-refractivity contribution in [2.24, 2.45) is 5.92 Å². The van der Waals surface area contributed by atoms with E-state index >= 15 is 0 Å². The van der Waals surface area contributed by atoms with Crippen molar-refractivity contribution in [1.82, 2.24) is 10.2 Å². The van der Waals surface area contributed by atoms with Crippen molar-refractivity contribution >= 4 is 12.4 Å². The van der Waals surface area contributed by atoms with E-state index in [1.807, 2.05) is 0 Å². The first-order valence-electron chi connectivity index (χ1n) is 8.78. The second-order valence-electron chi connectivity index (χ2n) is 6.86. The molecule has 1 saturated heterocycles. The number of hydrogen-bond acceptors (Lipinski definition) is 2. The molecule has 1 saturated carbocycles. The van der Waals surface area contributed by atoms with Crippen LogP contribution in [-0.4, -0.2) is 31.1 Å². The van der Waals surface area contributed by atoms with Gasteiger partial charge in [-0.1, -0.05) is 19.3 Å². The molecular formula is C18H25ClF4N2. The molecule has 2 fully saturated rings. The largest absolute Gasteiger partial charge is 0.416 e. The summed E-state index contributed by atoms with van der Waals surface area (Å²) in [6.07, 6.45) is 0.614. The Hall–Kier alpha value is -0.850. The zero-order valence-electron chi connectivity index (χ0n) is 14.1. The second kappa shape index (κ2) is 8.69. The molecule has 1 heterocycles. The summed E-state index contributed by atoms with van der Waals surface area (Å²) in [5.41, 5.74) is -0.561. The third kappa shape index (κ3) is 4.86. The number of hydrogen-bond donors (Lipinski definition) is 1. The smallest absolute Gasteiger partial charge is 0.314 e. The molecule has 0 unspecified atom stereocenters. The third-order valence-electron chi connectivity index (χ3n) is 5.28. The maximum Gasteiger partial charge on any atom is 0.416 e. The highest BCUT2D eigenvalue weighted by molar-refractivity contribution is 5.85. The van der Waals surface area contributed by atoms with Crippen LogP contribution in [0.4, 0.5) is 17.6 Å². The summed E-state index contributed by atoms with van der Waals surface area (Å²) in [6, 6.07) is 2.59. The van der Waals surface area contributed by atoms with Gasteiger partial charge < -0.3 is 5.32 Å². The van der Waals surface area contributed by atoms with Crippen molar-refractivity contribution in [1.29, 1.82) is 0 Å². The van der Waals surface area contributed by atoms with Gasteiger partial charge in [0, 0.05) is 32.2 Å². The predicted octanol–water partition coefficient (Wildman–Crippen LogP) is 4.79. The van der Waals surface area contributed by atoms with Gasteiger partial charge in [-0.05, 0) is 42.5 Å². The molecule has 1 atom stereocenters. The highest BCUT2D eigenvalue weighted by Crippen LogP contribution is 2.43. The van der Waals surface area contributed by atoms with Crippen LogP contribution in [0.2, 0.25) is 0 Å². The van der Waals surface area contributed by atoms with Gasteiger partial charge in [0.1, 0.15) is 5.82 Å². The Balaban J connectivity index is 0.00000225. The number of alkyl halides is 3. The Labute approximate surface area is 152 Å². The molecule has 2 aliphatic rings. The van der Waals surface area contributed by atoms with E-state index in [4.69, 9.17) is 0 Å². The van der Waals surface area contributed by atoms with Crippen molar-refractivity contribution < 1.29 is 17.6 Å². The molecule has 7 heteroatoms. The molecule has 142 valence electrons. The maximum absolute atomic E-state index is 13.8. The highest BCUT2D eigenvalue weighted by atomic mass is 35.5. The van der Waals surface area contributed by atoms with Crippen molar-refractivity contribution in [3.63, 3.8) is 0 Å². The van der Waals surface area contributed by atoms with Gasteiger partial charge in [0.25, 0.3) is 0 Å². The summed E-state index contributed by atoms with van der Waals surface area (Å²) < 4.78 is 54.4. The fourth-order valence-electron chi connectivity index (χ4n) is 4.20. The Morgan fingerprint density at radius 1 is 1.04 bits per heavy atom. The van der Waals surface area contributed by atoms with Gasteiger partial charge in [0.05, 0.1) is 5.56 Å². The highest BCUT2D eigenvalue weighted by Gasteiger charge is 2.39. The van der Waals surface area contributed by atoms with Crippen LogP contribution in [0.5, 0.6) is 0 Å². The molecular weight excluding hydrogens is 356 g/mol. The van der Waals surface area contributed by atoms with Crippen molar-refractivity contribution in [3.05, 3.63) is 35.1 Å². The monoisotopic (exact) mass is 380 g/mol.